The van der Waals surface area contributed by atoms with Crippen molar-refractivity contribution in [1.29, 1.82) is 0 Å². The van der Waals surface area contributed by atoms with Crippen molar-refractivity contribution in [3.63, 3.8) is 0 Å². The summed E-state index contributed by atoms with van der Waals surface area (Å²) in [5.74, 6) is -0.115. The Kier molecular flexibility index (Phi) is 5.73. The molecule has 1 fully saturated rings. The smallest absolute Gasteiger partial charge is 0.247 e. The van der Waals surface area contributed by atoms with Crippen molar-refractivity contribution < 1.29 is 9.59 Å². The van der Waals surface area contributed by atoms with Crippen LogP contribution in [0.3, 0.4) is 0 Å². The standard InChI is InChI=1S/C25H24N4O2S/c30-24(14-13-23-26-19-9-2-4-12-22(19)32-23)29-17-7-11-21(29)25(31)27-18-8-1-3-10-20(18)28-15-5-6-16-28/h1-6,8-10,12,15-16,21H,7,11,13-14,17H2,(H,27,31)/t21-/m0/s1. The van der Waals surface area contributed by atoms with Crippen molar-refractivity contribution in [2.24, 2.45) is 0 Å². The number of likely N-dealkylation sites (tertiary alicyclic amines) is 1. The fourth-order valence-corrected chi connectivity index (χ4v) is 5.20. The predicted octanol–water partition coefficient (Wildman–Crippen LogP) is 4.65. The highest BCUT2D eigenvalue weighted by molar-refractivity contribution is 7.18. The van der Waals surface area contributed by atoms with Crippen LogP contribution >= 0.6 is 11.3 Å². The maximum absolute atomic E-state index is 13.1. The summed E-state index contributed by atoms with van der Waals surface area (Å²) >= 11 is 1.63. The number of aromatic nitrogens is 2. The number of carbonyl (C=O) groups excluding carboxylic acids is 2. The van der Waals surface area contributed by atoms with Gasteiger partial charge >= 0.3 is 0 Å². The number of nitrogens with zero attached hydrogens (tertiary/aromatic N) is 3. The zero-order valence-electron chi connectivity index (χ0n) is 17.6. The molecule has 0 spiro atoms. The fraction of sp³-hybridized carbons (Fsp3) is 0.240. The Balaban J connectivity index is 1.25. The summed E-state index contributed by atoms with van der Waals surface area (Å²) < 4.78 is 3.10. The molecule has 1 aliphatic rings. The van der Waals surface area contributed by atoms with Crippen molar-refractivity contribution in [2.75, 3.05) is 11.9 Å². The predicted molar refractivity (Wildman–Crippen MR) is 127 cm³/mol. The summed E-state index contributed by atoms with van der Waals surface area (Å²) in [6.45, 7) is 0.621. The molecule has 2 aromatic heterocycles. The molecule has 5 rings (SSSR count). The molecular formula is C25H24N4O2S. The van der Waals surface area contributed by atoms with Gasteiger partial charge in [-0.25, -0.2) is 4.98 Å². The maximum Gasteiger partial charge on any atom is 0.247 e. The summed E-state index contributed by atoms with van der Waals surface area (Å²) in [5, 5.41) is 4.01. The van der Waals surface area contributed by atoms with Gasteiger partial charge in [-0.05, 0) is 49.2 Å². The minimum Gasteiger partial charge on any atom is -0.331 e. The lowest BCUT2D eigenvalue weighted by atomic mass is 10.1. The summed E-state index contributed by atoms with van der Waals surface area (Å²) in [7, 11) is 0. The Morgan fingerprint density at radius 3 is 2.66 bits per heavy atom. The summed E-state index contributed by atoms with van der Waals surface area (Å²) in [4.78, 5) is 32.5. The van der Waals surface area contributed by atoms with Crippen molar-refractivity contribution in [3.8, 4) is 5.69 Å². The van der Waals surface area contributed by atoms with Crippen LogP contribution in [-0.4, -0.2) is 38.9 Å². The Morgan fingerprint density at radius 2 is 1.81 bits per heavy atom. The van der Waals surface area contributed by atoms with Crippen LogP contribution in [0.1, 0.15) is 24.3 Å². The van der Waals surface area contributed by atoms with E-state index in [0.717, 1.165) is 33.0 Å². The Hall–Kier alpha value is -3.45. The molecule has 1 aliphatic heterocycles. The van der Waals surface area contributed by atoms with Gasteiger partial charge in [0.2, 0.25) is 11.8 Å². The number of para-hydroxylation sites is 3. The number of fused-ring (bicyclic) bond motifs is 1. The number of thiazole rings is 1. The molecule has 6 nitrogen and oxygen atoms in total. The molecule has 7 heteroatoms. The minimum atomic E-state index is -0.435. The molecule has 162 valence electrons. The summed E-state index contributed by atoms with van der Waals surface area (Å²) in [6.07, 6.45) is 6.37. The molecule has 2 aromatic carbocycles. The fourth-order valence-electron chi connectivity index (χ4n) is 4.24. The van der Waals surface area contributed by atoms with Gasteiger partial charge < -0.3 is 14.8 Å². The first-order chi connectivity index (χ1) is 15.7. The van der Waals surface area contributed by atoms with Crippen LogP contribution in [0.5, 0.6) is 0 Å². The van der Waals surface area contributed by atoms with Crippen LogP contribution in [0.15, 0.2) is 73.1 Å². The molecule has 1 saturated heterocycles. The SMILES string of the molecule is O=C(Nc1ccccc1-n1cccc1)[C@@H]1CCCN1C(=O)CCc1nc2ccccc2s1. The quantitative estimate of drug-likeness (QED) is 0.471. The number of amides is 2. The molecule has 1 atom stereocenters. The number of anilines is 1. The molecule has 0 bridgehead atoms. The van der Waals surface area contributed by atoms with Crippen molar-refractivity contribution >= 4 is 39.1 Å². The van der Waals surface area contributed by atoms with Crippen molar-refractivity contribution in [3.05, 3.63) is 78.1 Å². The van der Waals surface area contributed by atoms with Gasteiger partial charge in [-0.1, -0.05) is 24.3 Å². The average Bonchev–Trinajstić information content (AvgIpc) is 3.58. The van der Waals surface area contributed by atoms with Gasteiger partial charge in [0.15, 0.2) is 0 Å². The van der Waals surface area contributed by atoms with E-state index >= 15 is 0 Å². The molecule has 3 heterocycles. The number of rotatable bonds is 6. The van der Waals surface area contributed by atoms with E-state index in [2.05, 4.69) is 10.3 Å². The van der Waals surface area contributed by atoms with E-state index in [9.17, 15) is 9.59 Å². The van der Waals surface area contributed by atoms with Crippen LogP contribution in [0, 0.1) is 0 Å². The van der Waals surface area contributed by atoms with Crippen LogP contribution < -0.4 is 5.32 Å². The van der Waals surface area contributed by atoms with Crippen LogP contribution in [0.2, 0.25) is 0 Å². The second kappa shape index (κ2) is 8.96. The zero-order chi connectivity index (χ0) is 21.9. The number of hydrogen-bond donors (Lipinski definition) is 1. The number of nitrogens with one attached hydrogen (secondary N) is 1. The minimum absolute atomic E-state index is 0.0144. The highest BCUT2D eigenvalue weighted by atomic mass is 32.1. The second-order valence-corrected chi connectivity index (χ2v) is 9.03. The zero-order valence-corrected chi connectivity index (χ0v) is 18.4. The lowest BCUT2D eigenvalue weighted by molar-refractivity contribution is -0.136. The van der Waals surface area contributed by atoms with Crippen molar-refractivity contribution in [1.82, 2.24) is 14.5 Å². The highest BCUT2D eigenvalue weighted by Crippen LogP contribution is 2.26. The van der Waals surface area contributed by atoms with E-state index in [1.807, 2.05) is 77.6 Å². The topological polar surface area (TPSA) is 67.2 Å². The Labute approximate surface area is 190 Å². The number of aryl methyl sites for hydroxylation is 1. The van der Waals surface area contributed by atoms with Crippen LogP contribution in [0.4, 0.5) is 5.69 Å². The van der Waals surface area contributed by atoms with Gasteiger partial charge in [0, 0.05) is 31.8 Å². The first kappa shape index (κ1) is 20.5. The third-order valence-electron chi connectivity index (χ3n) is 5.81. The largest absolute Gasteiger partial charge is 0.331 e. The second-order valence-electron chi connectivity index (χ2n) is 7.92. The van der Waals surface area contributed by atoms with E-state index < -0.39 is 6.04 Å². The van der Waals surface area contributed by atoms with E-state index in [4.69, 9.17) is 0 Å². The van der Waals surface area contributed by atoms with Gasteiger partial charge in [0.05, 0.1) is 26.6 Å². The average molecular weight is 445 g/mol. The van der Waals surface area contributed by atoms with E-state index in [-0.39, 0.29) is 11.8 Å². The van der Waals surface area contributed by atoms with Gasteiger partial charge in [-0.2, -0.15) is 0 Å². The molecule has 0 aliphatic carbocycles. The molecule has 1 N–H and O–H groups in total. The normalized spacial score (nSPS) is 15.9. The summed E-state index contributed by atoms with van der Waals surface area (Å²) in [6, 6.07) is 19.2. The number of benzene rings is 2. The molecule has 2 amide bonds. The highest BCUT2D eigenvalue weighted by Gasteiger charge is 2.34. The molecule has 32 heavy (non-hydrogen) atoms. The molecule has 0 unspecified atom stereocenters. The van der Waals surface area contributed by atoms with Gasteiger partial charge in [-0.15, -0.1) is 11.3 Å². The Morgan fingerprint density at radius 1 is 1.03 bits per heavy atom. The molecule has 0 saturated carbocycles. The van der Waals surface area contributed by atoms with Gasteiger partial charge in [0.25, 0.3) is 0 Å². The molecule has 4 aromatic rings. The van der Waals surface area contributed by atoms with Crippen LogP contribution in [0.25, 0.3) is 15.9 Å². The van der Waals surface area contributed by atoms with Crippen LogP contribution in [-0.2, 0) is 16.0 Å². The monoisotopic (exact) mass is 444 g/mol. The molecule has 0 radical (unpaired) electrons. The number of hydrogen-bond acceptors (Lipinski definition) is 4. The van der Waals surface area contributed by atoms with Gasteiger partial charge in [0.1, 0.15) is 6.04 Å². The van der Waals surface area contributed by atoms with Crippen molar-refractivity contribution in [2.45, 2.75) is 31.7 Å². The first-order valence-electron chi connectivity index (χ1n) is 10.9. The third kappa shape index (κ3) is 4.16. The number of carbonyl (C=O) groups is 2. The summed E-state index contributed by atoms with van der Waals surface area (Å²) in [5.41, 5.74) is 2.61. The lowest BCUT2D eigenvalue weighted by Gasteiger charge is -2.24. The van der Waals surface area contributed by atoms with E-state index in [1.54, 1.807) is 16.2 Å². The van der Waals surface area contributed by atoms with E-state index in [0.29, 0.717) is 25.8 Å². The van der Waals surface area contributed by atoms with E-state index in [1.165, 1.54) is 0 Å². The first-order valence-corrected chi connectivity index (χ1v) is 11.7. The third-order valence-corrected chi connectivity index (χ3v) is 6.91. The lowest BCUT2D eigenvalue weighted by Crippen LogP contribution is -2.43. The molecular weight excluding hydrogens is 420 g/mol. The van der Waals surface area contributed by atoms with Gasteiger partial charge in [-0.3, -0.25) is 9.59 Å². The maximum atomic E-state index is 13.1. The Bertz CT molecular complexity index is 1210.